The van der Waals surface area contributed by atoms with Crippen LogP contribution in [0.5, 0.6) is 5.75 Å². The van der Waals surface area contributed by atoms with E-state index in [1.807, 2.05) is 36.1 Å². The second kappa shape index (κ2) is 12.0. The molecule has 0 spiro atoms. The first-order valence-electron chi connectivity index (χ1n) is 12.0. The number of nitrogens with two attached hydrogens (primary N) is 1. The third-order valence-corrected chi connectivity index (χ3v) is 6.97. The lowest BCUT2D eigenvalue weighted by Gasteiger charge is -2.39. The molecule has 2 aliphatic rings. The van der Waals surface area contributed by atoms with E-state index in [9.17, 15) is 14.4 Å². The summed E-state index contributed by atoms with van der Waals surface area (Å²) in [6.45, 7) is 5.06. The zero-order chi connectivity index (χ0) is 23.8. The van der Waals surface area contributed by atoms with Crippen LogP contribution in [0.4, 0.5) is 0 Å². The molecule has 8 heteroatoms. The van der Waals surface area contributed by atoms with Gasteiger partial charge in [-0.25, -0.2) is 0 Å². The predicted molar refractivity (Wildman–Crippen MR) is 125 cm³/mol. The number of amides is 2. The van der Waals surface area contributed by atoms with Crippen LogP contribution in [0.25, 0.3) is 0 Å². The van der Waals surface area contributed by atoms with Crippen molar-refractivity contribution in [1.29, 1.82) is 0 Å². The standard InChI is InChI=1S/C25H37N3O5/c1-3-33-24(30)16-19-10-14-28(23(29)15-18-6-8-21(32-2)9-7-18)17-20(19)11-13-27-12-4-5-22(27)25(26)31/h6-9,19-20,22H,3-5,10-17H2,1-2H3,(H2,26,31)/t19-,20+,22+/m1/s1. The van der Waals surface area contributed by atoms with Crippen molar-refractivity contribution in [3.8, 4) is 5.75 Å². The van der Waals surface area contributed by atoms with Crippen LogP contribution < -0.4 is 10.5 Å². The van der Waals surface area contributed by atoms with Gasteiger partial charge in [0, 0.05) is 19.5 Å². The Labute approximate surface area is 196 Å². The fourth-order valence-electron chi connectivity index (χ4n) is 5.11. The number of primary amides is 1. The van der Waals surface area contributed by atoms with Crippen LogP contribution in [0, 0.1) is 11.8 Å². The van der Waals surface area contributed by atoms with Crippen molar-refractivity contribution in [2.24, 2.45) is 17.6 Å². The number of carbonyl (C=O) groups is 3. The predicted octanol–water partition coefficient (Wildman–Crippen LogP) is 2.00. The van der Waals surface area contributed by atoms with Gasteiger partial charge in [-0.15, -0.1) is 0 Å². The monoisotopic (exact) mass is 459 g/mol. The van der Waals surface area contributed by atoms with Crippen molar-refractivity contribution in [1.82, 2.24) is 9.80 Å². The van der Waals surface area contributed by atoms with E-state index in [1.54, 1.807) is 7.11 Å². The number of likely N-dealkylation sites (tertiary alicyclic amines) is 2. The number of benzene rings is 1. The van der Waals surface area contributed by atoms with Crippen LogP contribution in [0.15, 0.2) is 24.3 Å². The molecule has 1 aromatic carbocycles. The van der Waals surface area contributed by atoms with Crippen molar-refractivity contribution in [2.45, 2.75) is 51.5 Å². The number of hydrogen-bond acceptors (Lipinski definition) is 6. The number of esters is 1. The highest BCUT2D eigenvalue weighted by molar-refractivity contribution is 5.80. The van der Waals surface area contributed by atoms with E-state index < -0.39 is 0 Å². The lowest BCUT2D eigenvalue weighted by Crippen LogP contribution is -2.47. The summed E-state index contributed by atoms with van der Waals surface area (Å²) in [5.41, 5.74) is 6.53. The van der Waals surface area contributed by atoms with E-state index in [2.05, 4.69) is 4.90 Å². The molecule has 0 aliphatic carbocycles. The van der Waals surface area contributed by atoms with Gasteiger partial charge in [0.1, 0.15) is 5.75 Å². The maximum absolute atomic E-state index is 13.0. The van der Waals surface area contributed by atoms with Crippen molar-refractivity contribution < 1.29 is 23.9 Å². The summed E-state index contributed by atoms with van der Waals surface area (Å²) in [5.74, 6) is 0.760. The summed E-state index contributed by atoms with van der Waals surface area (Å²) in [5, 5.41) is 0. The Bertz CT molecular complexity index is 813. The molecule has 2 amide bonds. The quantitative estimate of drug-likeness (QED) is 0.537. The van der Waals surface area contributed by atoms with Gasteiger partial charge < -0.3 is 20.1 Å². The van der Waals surface area contributed by atoms with Gasteiger partial charge in [-0.1, -0.05) is 12.1 Å². The molecule has 2 heterocycles. The maximum Gasteiger partial charge on any atom is 0.306 e. The van der Waals surface area contributed by atoms with Crippen LogP contribution >= 0.6 is 0 Å². The Balaban J connectivity index is 1.62. The molecular formula is C25H37N3O5. The number of rotatable bonds is 10. The number of nitrogens with zero attached hydrogens (tertiary/aromatic N) is 2. The molecule has 2 fully saturated rings. The summed E-state index contributed by atoms with van der Waals surface area (Å²) in [7, 11) is 1.62. The minimum absolute atomic E-state index is 0.0935. The van der Waals surface area contributed by atoms with Crippen molar-refractivity contribution >= 4 is 17.8 Å². The number of methoxy groups -OCH3 is 1. The summed E-state index contributed by atoms with van der Waals surface area (Å²) >= 11 is 0. The van der Waals surface area contributed by atoms with E-state index in [-0.39, 0.29) is 35.7 Å². The smallest absolute Gasteiger partial charge is 0.306 e. The first-order valence-corrected chi connectivity index (χ1v) is 12.0. The topological polar surface area (TPSA) is 102 Å². The van der Waals surface area contributed by atoms with Crippen LogP contribution in [-0.2, 0) is 25.5 Å². The molecular weight excluding hydrogens is 422 g/mol. The largest absolute Gasteiger partial charge is 0.497 e. The molecule has 182 valence electrons. The second-order valence-electron chi connectivity index (χ2n) is 9.07. The third-order valence-electron chi connectivity index (χ3n) is 6.97. The summed E-state index contributed by atoms with van der Waals surface area (Å²) in [6, 6.07) is 7.35. The fraction of sp³-hybridized carbons (Fsp3) is 0.640. The van der Waals surface area contributed by atoms with Gasteiger partial charge in [-0.2, -0.15) is 0 Å². The van der Waals surface area contributed by atoms with Gasteiger partial charge >= 0.3 is 5.97 Å². The van der Waals surface area contributed by atoms with Crippen LogP contribution in [0.1, 0.15) is 44.6 Å². The molecule has 3 atom stereocenters. The molecule has 1 aromatic rings. The van der Waals surface area contributed by atoms with Gasteiger partial charge in [0.25, 0.3) is 0 Å². The third kappa shape index (κ3) is 6.93. The molecule has 2 N–H and O–H groups in total. The Morgan fingerprint density at radius 3 is 2.52 bits per heavy atom. The lowest BCUT2D eigenvalue weighted by molar-refractivity contribution is -0.145. The summed E-state index contributed by atoms with van der Waals surface area (Å²) < 4.78 is 10.4. The average molecular weight is 460 g/mol. The fourth-order valence-corrected chi connectivity index (χ4v) is 5.11. The normalized spacial score (nSPS) is 23.3. The Kier molecular flexibility index (Phi) is 9.11. The molecule has 0 saturated carbocycles. The highest BCUT2D eigenvalue weighted by Gasteiger charge is 2.35. The number of ether oxygens (including phenoxy) is 2. The Hall–Kier alpha value is -2.61. The zero-order valence-corrected chi connectivity index (χ0v) is 19.8. The van der Waals surface area contributed by atoms with Gasteiger partial charge in [0.2, 0.25) is 11.8 Å². The second-order valence-corrected chi connectivity index (χ2v) is 9.07. The molecule has 33 heavy (non-hydrogen) atoms. The Morgan fingerprint density at radius 1 is 1.09 bits per heavy atom. The van der Waals surface area contributed by atoms with E-state index in [4.69, 9.17) is 15.2 Å². The first-order chi connectivity index (χ1) is 15.9. The molecule has 3 rings (SSSR count). The van der Waals surface area contributed by atoms with Gasteiger partial charge in [0.05, 0.1) is 26.2 Å². The molecule has 8 nitrogen and oxygen atoms in total. The zero-order valence-electron chi connectivity index (χ0n) is 19.8. The minimum Gasteiger partial charge on any atom is -0.497 e. The van der Waals surface area contributed by atoms with E-state index >= 15 is 0 Å². The molecule has 0 aromatic heterocycles. The molecule has 0 bridgehead atoms. The van der Waals surface area contributed by atoms with Gasteiger partial charge in [0.15, 0.2) is 0 Å². The maximum atomic E-state index is 13.0. The minimum atomic E-state index is -0.268. The highest BCUT2D eigenvalue weighted by Crippen LogP contribution is 2.31. The molecule has 2 saturated heterocycles. The van der Waals surface area contributed by atoms with Crippen molar-refractivity contribution in [3.05, 3.63) is 29.8 Å². The van der Waals surface area contributed by atoms with Crippen LogP contribution in [0.2, 0.25) is 0 Å². The van der Waals surface area contributed by atoms with E-state index in [0.717, 1.165) is 50.1 Å². The van der Waals surface area contributed by atoms with E-state index in [0.29, 0.717) is 32.5 Å². The number of hydrogen-bond donors (Lipinski definition) is 1. The summed E-state index contributed by atoms with van der Waals surface area (Å²) in [4.78, 5) is 41.1. The van der Waals surface area contributed by atoms with Crippen molar-refractivity contribution in [2.75, 3.05) is 39.9 Å². The lowest BCUT2D eigenvalue weighted by atomic mass is 9.80. The average Bonchev–Trinajstić information content (AvgIpc) is 3.28. The molecule has 2 aliphatic heterocycles. The number of piperidine rings is 1. The Morgan fingerprint density at radius 2 is 1.85 bits per heavy atom. The van der Waals surface area contributed by atoms with Crippen molar-refractivity contribution in [3.63, 3.8) is 0 Å². The SMILES string of the molecule is CCOC(=O)C[C@H]1CCN(C(=O)Cc2ccc(OC)cc2)C[C@@H]1CCN1CCC[C@H]1C(N)=O. The molecule has 0 radical (unpaired) electrons. The van der Waals surface area contributed by atoms with Crippen LogP contribution in [-0.4, -0.2) is 73.5 Å². The summed E-state index contributed by atoms with van der Waals surface area (Å²) in [6.07, 6.45) is 4.08. The number of carbonyl (C=O) groups excluding carboxylic acids is 3. The van der Waals surface area contributed by atoms with E-state index in [1.165, 1.54) is 0 Å². The van der Waals surface area contributed by atoms with Crippen LogP contribution in [0.3, 0.4) is 0 Å². The highest BCUT2D eigenvalue weighted by atomic mass is 16.5. The van der Waals surface area contributed by atoms with Gasteiger partial charge in [-0.3, -0.25) is 19.3 Å². The van der Waals surface area contributed by atoms with Gasteiger partial charge in [-0.05, 0) is 75.2 Å². The molecule has 0 unspecified atom stereocenters. The first kappa shape index (κ1) is 25.0.